The summed E-state index contributed by atoms with van der Waals surface area (Å²) in [4.78, 5) is 25.6. The van der Waals surface area contributed by atoms with E-state index < -0.39 is 12.7 Å². The monoisotopic (exact) mass is 468 g/mol. The summed E-state index contributed by atoms with van der Waals surface area (Å²) in [6.07, 6.45) is 0.695. The van der Waals surface area contributed by atoms with Crippen molar-refractivity contribution in [3.63, 3.8) is 0 Å². The second kappa shape index (κ2) is 12.3. The van der Waals surface area contributed by atoms with Crippen LogP contribution in [0.2, 0.25) is 0 Å². The number of alkyl halides is 2. The normalized spacial score (nSPS) is 11.5. The van der Waals surface area contributed by atoms with Gasteiger partial charge in [0.15, 0.2) is 11.5 Å². The van der Waals surface area contributed by atoms with Gasteiger partial charge in [-0.3, -0.25) is 9.59 Å². The zero-order chi connectivity index (χ0) is 24.3. The molecule has 6 nitrogen and oxygen atoms in total. The molecule has 178 valence electrons. The number of carbonyl (C=O) groups is 2. The minimum absolute atomic E-state index is 0.0709. The first-order chi connectivity index (χ1) is 16.5. The fraction of sp³-hybridized carbons (Fsp3) is 0.231. The van der Waals surface area contributed by atoms with Crippen molar-refractivity contribution >= 4 is 11.8 Å². The van der Waals surface area contributed by atoms with Gasteiger partial charge in [0.25, 0.3) is 5.91 Å². The van der Waals surface area contributed by atoms with Crippen LogP contribution in [0.4, 0.5) is 8.78 Å². The largest absolute Gasteiger partial charge is 0.493 e. The van der Waals surface area contributed by atoms with Crippen molar-refractivity contribution in [2.75, 3.05) is 13.7 Å². The molecule has 8 heteroatoms. The number of halogens is 2. The molecule has 34 heavy (non-hydrogen) atoms. The van der Waals surface area contributed by atoms with Crippen LogP contribution in [0.25, 0.3) is 0 Å². The van der Waals surface area contributed by atoms with Gasteiger partial charge in [-0.25, -0.2) is 0 Å². The topological polar surface area (TPSA) is 76.7 Å². The maximum absolute atomic E-state index is 12.9. The van der Waals surface area contributed by atoms with Crippen LogP contribution < -0.4 is 20.1 Å². The molecule has 0 aliphatic carbocycles. The van der Waals surface area contributed by atoms with E-state index in [-0.39, 0.29) is 29.9 Å². The van der Waals surface area contributed by atoms with Gasteiger partial charge in [-0.15, -0.1) is 0 Å². The molecule has 1 unspecified atom stereocenters. The van der Waals surface area contributed by atoms with Gasteiger partial charge in [0, 0.05) is 18.5 Å². The number of rotatable bonds is 11. The maximum atomic E-state index is 12.9. The van der Waals surface area contributed by atoms with E-state index in [1.165, 1.54) is 19.2 Å². The Bertz CT molecular complexity index is 1080. The molecule has 2 amide bonds. The lowest BCUT2D eigenvalue weighted by Crippen LogP contribution is -2.48. The average Bonchev–Trinajstić information content (AvgIpc) is 2.84. The SMILES string of the molecule is COc1ccc(CCNC(=O)C(Cc2ccccc2)NC(=O)c2ccccc2)cc1OC(F)F. The van der Waals surface area contributed by atoms with Gasteiger partial charge in [0.1, 0.15) is 6.04 Å². The predicted octanol–water partition coefficient (Wildman–Crippen LogP) is 4.00. The Kier molecular flexibility index (Phi) is 8.96. The second-order valence-electron chi connectivity index (χ2n) is 7.49. The first-order valence-corrected chi connectivity index (χ1v) is 10.8. The van der Waals surface area contributed by atoms with Crippen molar-refractivity contribution in [2.45, 2.75) is 25.5 Å². The van der Waals surface area contributed by atoms with Crippen LogP contribution >= 0.6 is 0 Å². The summed E-state index contributed by atoms with van der Waals surface area (Å²) in [5, 5.41) is 5.63. The summed E-state index contributed by atoms with van der Waals surface area (Å²) >= 11 is 0. The highest BCUT2D eigenvalue weighted by Crippen LogP contribution is 2.29. The van der Waals surface area contributed by atoms with Crippen LogP contribution in [-0.2, 0) is 17.6 Å². The molecule has 1 atom stereocenters. The molecule has 0 spiro atoms. The van der Waals surface area contributed by atoms with E-state index in [4.69, 9.17) is 4.74 Å². The molecule has 0 aliphatic heterocycles. The number of methoxy groups -OCH3 is 1. The van der Waals surface area contributed by atoms with Gasteiger partial charge >= 0.3 is 6.61 Å². The van der Waals surface area contributed by atoms with E-state index in [9.17, 15) is 18.4 Å². The zero-order valence-corrected chi connectivity index (χ0v) is 18.7. The molecule has 2 N–H and O–H groups in total. The number of nitrogens with one attached hydrogen (secondary N) is 2. The summed E-state index contributed by atoms with van der Waals surface area (Å²) in [7, 11) is 1.37. The van der Waals surface area contributed by atoms with Crippen LogP contribution in [0, 0.1) is 0 Å². The van der Waals surface area contributed by atoms with Gasteiger partial charge in [-0.2, -0.15) is 8.78 Å². The van der Waals surface area contributed by atoms with Crippen LogP contribution in [-0.4, -0.2) is 38.1 Å². The maximum Gasteiger partial charge on any atom is 0.387 e. The van der Waals surface area contributed by atoms with Crippen molar-refractivity contribution in [3.05, 3.63) is 95.6 Å². The van der Waals surface area contributed by atoms with Gasteiger partial charge in [0.05, 0.1) is 7.11 Å². The van der Waals surface area contributed by atoms with Crippen molar-refractivity contribution in [1.29, 1.82) is 0 Å². The molecule has 0 aromatic heterocycles. The lowest BCUT2D eigenvalue weighted by molar-refractivity contribution is -0.122. The first kappa shape index (κ1) is 24.7. The molecule has 0 saturated carbocycles. The fourth-order valence-corrected chi connectivity index (χ4v) is 3.41. The summed E-state index contributed by atoms with van der Waals surface area (Å²) in [5.41, 5.74) is 2.04. The van der Waals surface area contributed by atoms with E-state index in [2.05, 4.69) is 15.4 Å². The highest BCUT2D eigenvalue weighted by molar-refractivity contribution is 5.97. The average molecular weight is 469 g/mol. The summed E-state index contributed by atoms with van der Waals surface area (Å²) in [5.74, 6) is -0.565. The highest BCUT2D eigenvalue weighted by atomic mass is 19.3. The van der Waals surface area contributed by atoms with E-state index in [1.54, 1.807) is 30.3 Å². The van der Waals surface area contributed by atoms with Crippen LogP contribution in [0.1, 0.15) is 21.5 Å². The lowest BCUT2D eigenvalue weighted by atomic mass is 10.0. The third-order valence-corrected chi connectivity index (χ3v) is 5.10. The quantitative estimate of drug-likeness (QED) is 0.446. The summed E-state index contributed by atoms with van der Waals surface area (Å²) in [6.45, 7) is -2.73. The Hall–Kier alpha value is -3.94. The van der Waals surface area contributed by atoms with E-state index >= 15 is 0 Å². The standard InChI is InChI=1S/C26H26F2N2O4/c1-33-22-13-12-19(17-23(22)34-26(27)28)14-15-29-25(32)21(16-18-8-4-2-5-9-18)30-24(31)20-10-6-3-7-11-20/h2-13,17,21,26H,14-16H2,1H3,(H,29,32)(H,30,31). The van der Waals surface area contributed by atoms with Crippen molar-refractivity contribution < 1.29 is 27.8 Å². The predicted molar refractivity (Wildman–Crippen MR) is 124 cm³/mol. The number of amides is 2. The highest BCUT2D eigenvalue weighted by Gasteiger charge is 2.22. The Morgan fingerprint density at radius 2 is 1.56 bits per heavy atom. The van der Waals surface area contributed by atoms with Gasteiger partial charge in [-0.1, -0.05) is 54.6 Å². The van der Waals surface area contributed by atoms with E-state index in [1.807, 2.05) is 36.4 Å². The van der Waals surface area contributed by atoms with E-state index in [0.29, 0.717) is 24.0 Å². The molecule has 0 saturated heterocycles. The molecule has 3 aromatic carbocycles. The molecule has 0 aliphatic rings. The van der Waals surface area contributed by atoms with Crippen LogP contribution in [0.3, 0.4) is 0 Å². The number of hydrogen-bond acceptors (Lipinski definition) is 4. The molecule has 0 radical (unpaired) electrons. The Labute approximate surface area is 196 Å². The third kappa shape index (κ3) is 7.30. The smallest absolute Gasteiger partial charge is 0.387 e. The molecule has 3 rings (SSSR count). The summed E-state index contributed by atoms with van der Waals surface area (Å²) in [6, 6.07) is 22.0. The van der Waals surface area contributed by atoms with Crippen molar-refractivity contribution in [2.24, 2.45) is 0 Å². The van der Waals surface area contributed by atoms with E-state index in [0.717, 1.165) is 5.56 Å². The Morgan fingerprint density at radius 1 is 0.882 bits per heavy atom. The van der Waals surface area contributed by atoms with Crippen LogP contribution in [0.15, 0.2) is 78.9 Å². The molecular weight excluding hydrogens is 442 g/mol. The van der Waals surface area contributed by atoms with Crippen molar-refractivity contribution in [1.82, 2.24) is 10.6 Å². The molecule has 0 fully saturated rings. The minimum Gasteiger partial charge on any atom is -0.493 e. The van der Waals surface area contributed by atoms with Gasteiger partial charge in [-0.05, 0) is 41.8 Å². The Balaban J connectivity index is 1.65. The first-order valence-electron chi connectivity index (χ1n) is 10.8. The molecule has 0 heterocycles. The molecule has 3 aromatic rings. The van der Waals surface area contributed by atoms with Gasteiger partial charge < -0.3 is 20.1 Å². The van der Waals surface area contributed by atoms with Crippen molar-refractivity contribution in [3.8, 4) is 11.5 Å². The lowest BCUT2D eigenvalue weighted by Gasteiger charge is -2.19. The van der Waals surface area contributed by atoms with Crippen LogP contribution in [0.5, 0.6) is 11.5 Å². The minimum atomic E-state index is -2.98. The molecular formula is C26H26F2N2O4. The number of ether oxygens (including phenoxy) is 2. The number of carbonyl (C=O) groups excluding carboxylic acids is 2. The Morgan fingerprint density at radius 3 is 2.21 bits per heavy atom. The third-order valence-electron chi connectivity index (χ3n) is 5.10. The van der Waals surface area contributed by atoms with Gasteiger partial charge in [0.2, 0.25) is 5.91 Å². The fourth-order valence-electron chi connectivity index (χ4n) is 3.41. The molecule has 0 bridgehead atoms. The summed E-state index contributed by atoms with van der Waals surface area (Å²) < 4.78 is 34.8. The zero-order valence-electron chi connectivity index (χ0n) is 18.7. The number of hydrogen-bond donors (Lipinski definition) is 2. The second-order valence-corrected chi connectivity index (χ2v) is 7.49. The number of benzene rings is 3.